The van der Waals surface area contributed by atoms with E-state index in [4.69, 9.17) is 9.15 Å². The highest BCUT2D eigenvalue weighted by Gasteiger charge is 2.16. The Kier molecular flexibility index (Phi) is 3.76. The molecule has 4 rings (SSSR count). The van der Waals surface area contributed by atoms with Crippen molar-refractivity contribution in [1.82, 2.24) is 4.98 Å². The normalized spacial score (nSPS) is 11.0. The summed E-state index contributed by atoms with van der Waals surface area (Å²) in [4.78, 5) is 16.7. The maximum absolute atomic E-state index is 13.7. The Morgan fingerprint density at radius 1 is 1.08 bits per heavy atom. The molecule has 26 heavy (non-hydrogen) atoms. The minimum atomic E-state index is -0.870. The number of ether oxygens (including phenoxy) is 1. The minimum absolute atomic E-state index is 0.0292. The fourth-order valence-corrected chi connectivity index (χ4v) is 2.62. The third-order valence-corrected chi connectivity index (χ3v) is 3.91. The number of carbonyl (C=O) groups is 1. The van der Waals surface area contributed by atoms with Gasteiger partial charge in [0.15, 0.2) is 5.76 Å². The molecule has 0 saturated heterocycles. The summed E-state index contributed by atoms with van der Waals surface area (Å²) < 4.78 is 37.3. The van der Waals surface area contributed by atoms with E-state index >= 15 is 0 Å². The molecule has 0 spiro atoms. The van der Waals surface area contributed by atoms with Crippen LogP contribution in [0.3, 0.4) is 0 Å². The Bertz CT molecular complexity index is 1150. The number of furan rings is 1. The average Bonchev–Trinajstić information content (AvgIpc) is 3.04. The van der Waals surface area contributed by atoms with Crippen molar-refractivity contribution in [3.63, 3.8) is 0 Å². The largest absolute Gasteiger partial charge is 0.497 e. The zero-order valence-electron chi connectivity index (χ0n) is 13.5. The van der Waals surface area contributed by atoms with E-state index in [1.807, 2.05) is 12.1 Å². The van der Waals surface area contributed by atoms with Crippen LogP contribution in [0.4, 0.5) is 14.5 Å². The Hall–Kier alpha value is -3.48. The van der Waals surface area contributed by atoms with Gasteiger partial charge < -0.3 is 14.5 Å². The van der Waals surface area contributed by atoms with E-state index in [0.717, 1.165) is 17.5 Å². The van der Waals surface area contributed by atoms with Crippen LogP contribution >= 0.6 is 0 Å². The molecule has 0 bridgehead atoms. The van der Waals surface area contributed by atoms with Crippen molar-refractivity contribution >= 4 is 33.6 Å². The van der Waals surface area contributed by atoms with E-state index in [0.29, 0.717) is 22.7 Å². The summed E-state index contributed by atoms with van der Waals surface area (Å²) in [6.07, 6.45) is 0. The minimum Gasteiger partial charge on any atom is -0.497 e. The number of halogens is 2. The molecule has 0 radical (unpaired) electrons. The zero-order chi connectivity index (χ0) is 18.3. The highest BCUT2D eigenvalue weighted by atomic mass is 19.1. The molecule has 5 nitrogen and oxygen atoms in total. The number of hydrogen-bond acceptors (Lipinski definition) is 4. The van der Waals surface area contributed by atoms with Crippen LogP contribution in [0.15, 0.2) is 52.9 Å². The van der Waals surface area contributed by atoms with Crippen molar-refractivity contribution in [2.24, 2.45) is 0 Å². The number of benzene rings is 2. The lowest BCUT2D eigenvalue weighted by atomic mass is 10.2. The van der Waals surface area contributed by atoms with Crippen LogP contribution in [0, 0.1) is 11.6 Å². The number of pyridine rings is 1. The molecular formula is C19H12F2N2O3. The highest BCUT2D eigenvalue weighted by Crippen LogP contribution is 2.26. The predicted molar refractivity (Wildman–Crippen MR) is 92.4 cm³/mol. The van der Waals surface area contributed by atoms with E-state index < -0.39 is 17.5 Å². The summed E-state index contributed by atoms with van der Waals surface area (Å²) in [6.45, 7) is 0. The molecule has 1 N–H and O–H groups in total. The second-order valence-electron chi connectivity index (χ2n) is 5.63. The highest BCUT2D eigenvalue weighted by molar-refractivity contribution is 6.05. The Morgan fingerprint density at radius 2 is 1.92 bits per heavy atom. The van der Waals surface area contributed by atoms with Gasteiger partial charge in [0.2, 0.25) is 5.71 Å². The topological polar surface area (TPSA) is 64.4 Å². The molecule has 0 unspecified atom stereocenters. The zero-order valence-corrected chi connectivity index (χ0v) is 13.5. The third kappa shape index (κ3) is 2.83. The van der Waals surface area contributed by atoms with E-state index in [1.165, 1.54) is 6.07 Å². The Balaban J connectivity index is 1.69. The number of hydrogen-bond donors (Lipinski definition) is 1. The molecule has 2 aromatic carbocycles. The van der Waals surface area contributed by atoms with Crippen LogP contribution in [0.1, 0.15) is 10.6 Å². The maximum Gasteiger partial charge on any atom is 0.291 e. The molecule has 1 amide bonds. The molecule has 0 aliphatic carbocycles. The standard InChI is InChI=1S/C19H12F2N2O3/c1-25-13-4-2-10-6-11-7-17(26-19(11)23-16(10)9-13)18(24)22-15-5-3-12(20)8-14(15)21/h2-9H,1H3,(H,22,24). The number of fused-ring (bicyclic) bond motifs is 2. The van der Waals surface area contributed by atoms with Crippen LogP contribution in [0.25, 0.3) is 22.0 Å². The molecule has 2 aromatic heterocycles. The van der Waals surface area contributed by atoms with Crippen LogP contribution in [-0.2, 0) is 0 Å². The second kappa shape index (κ2) is 6.11. The van der Waals surface area contributed by atoms with Crippen molar-refractivity contribution < 1.29 is 22.7 Å². The first-order valence-corrected chi connectivity index (χ1v) is 7.68. The molecule has 0 aliphatic rings. The van der Waals surface area contributed by atoms with E-state index in [-0.39, 0.29) is 17.2 Å². The lowest BCUT2D eigenvalue weighted by Gasteiger charge is -2.04. The number of carbonyl (C=O) groups excluding carboxylic acids is 1. The van der Waals surface area contributed by atoms with E-state index in [1.54, 1.807) is 19.2 Å². The summed E-state index contributed by atoms with van der Waals surface area (Å²) in [6, 6.07) is 11.6. The molecular weight excluding hydrogens is 342 g/mol. The quantitative estimate of drug-likeness (QED) is 0.587. The number of nitrogens with zero attached hydrogens (tertiary/aromatic N) is 1. The molecule has 0 aliphatic heterocycles. The van der Waals surface area contributed by atoms with Gasteiger partial charge in [0.25, 0.3) is 5.91 Å². The smallest absolute Gasteiger partial charge is 0.291 e. The van der Waals surface area contributed by atoms with Crippen molar-refractivity contribution in [3.8, 4) is 5.75 Å². The molecule has 0 fully saturated rings. The number of anilines is 1. The first kappa shape index (κ1) is 16.0. The monoisotopic (exact) mass is 354 g/mol. The van der Waals surface area contributed by atoms with Gasteiger partial charge in [-0.1, -0.05) is 0 Å². The fraction of sp³-hybridized carbons (Fsp3) is 0.0526. The van der Waals surface area contributed by atoms with Crippen LogP contribution in [0.5, 0.6) is 5.75 Å². The molecule has 7 heteroatoms. The first-order chi connectivity index (χ1) is 12.5. The summed E-state index contributed by atoms with van der Waals surface area (Å²) in [5, 5.41) is 3.84. The van der Waals surface area contributed by atoms with E-state index in [2.05, 4.69) is 10.3 Å². The van der Waals surface area contributed by atoms with Gasteiger partial charge in [0.1, 0.15) is 17.4 Å². The number of nitrogens with one attached hydrogen (secondary N) is 1. The third-order valence-electron chi connectivity index (χ3n) is 3.91. The van der Waals surface area contributed by atoms with Gasteiger partial charge in [-0.3, -0.25) is 4.79 Å². The van der Waals surface area contributed by atoms with Gasteiger partial charge >= 0.3 is 0 Å². The lowest BCUT2D eigenvalue weighted by molar-refractivity contribution is 0.0998. The molecule has 4 aromatic rings. The summed E-state index contributed by atoms with van der Waals surface area (Å²) >= 11 is 0. The number of amides is 1. The summed E-state index contributed by atoms with van der Waals surface area (Å²) in [5.74, 6) is -1.63. The molecule has 130 valence electrons. The van der Waals surface area contributed by atoms with Gasteiger partial charge in [-0.15, -0.1) is 0 Å². The Labute approximate surface area is 146 Å². The van der Waals surface area contributed by atoms with Crippen molar-refractivity contribution in [2.45, 2.75) is 0 Å². The predicted octanol–water partition coefficient (Wildman–Crippen LogP) is 4.52. The average molecular weight is 354 g/mol. The van der Waals surface area contributed by atoms with Gasteiger partial charge in [0, 0.05) is 22.9 Å². The van der Waals surface area contributed by atoms with Crippen LogP contribution < -0.4 is 10.1 Å². The SMILES string of the molecule is COc1ccc2cc3cc(C(=O)Nc4ccc(F)cc4F)oc3nc2c1. The first-order valence-electron chi connectivity index (χ1n) is 7.68. The Morgan fingerprint density at radius 3 is 2.69 bits per heavy atom. The van der Waals surface area contributed by atoms with Crippen LogP contribution in [0.2, 0.25) is 0 Å². The van der Waals surface area contributed by atoms with E-state index in [9.17, 15) is 13.6 Å². The van der Waals surface area contributed by atoms with Gasteiger partial charge in [0.05, 0.1) is 18.3 Å². The van der Waals surface area contributed by atoms with Crippen molar-refractivity contribution in [1.29, 1.82) is 0 Å². The summed E-state index contributed by atoms with van der Waals surface area (Å²) in [5.41, 5.74) is 0.790. The van der Waals surface area contributed by atoms with Gasteiger partial charge in [-0.2, -0.15) is 0 Å². The number of aromatic nitrogens is 1. The molecule has 2 heterocycles. The van der Waals surface area contributed by atoms with Crippen molar-refractivity contribution in [2.75, 3.05) is 12.4 Å². The van der Waals surface area contributed by atoms with Gasteiger partial charge in [-0.25, -0.2) is 13.8 Å². The number of methoxy groups -OCH3 is 1. The lowest BCUT2D eigenvalue weighted by Crippen LogP contribution is -2.12. The molecule has 0 atom stereocenters. The summed E-state index contributed by atoms with van der Waals surface area (Å²) in [7, 11) is 1.56. The van der Waals surface area contributed by atoms with Gasteiger partial charge in [-0.05, 0) is 36.4 Å². The molecule has 0 saturated carbocycles. The maximum atomic E-state index is 13.7. The number of rotatable bonds is 3. The second-order valence-corrected chi connectivity index (χ2v) is 5.63. The fourth-order valence-electron chi connectivity index (χ4n) is 2.62. The van der Waals surface area contributed by atoms with Crippen LogP contribution in [-0.4, -0.2) is 18.0 Å². The van der Waals surface area contributed by atoms with Crippen molar-refractivity contribution in [3.05, 3.63) is 65.9 Å².